The van der Waals surface area contributed by atoms with Crippen LogP contribution in [0.2, 0.25) is 0 Å². The molecule has 0 radical (unpaired) electrons. The molecule has 0 bridgehead atoms. The van der Waals surface area contributed by atoms with Gasteiger partial charge in [-0.2, -0.15) is 0 Å². The molecule has 0 aromatic rings. The fourth-order valence-corrected chi connectivity index (χ4v) is 4.51. The third kappa shape index (κ3) is 11.8. The summed E-state index contributed by atoms with van der Waals surface area (Å²) in [4.78, 5) is 18.4. The molecular weight excluding hydrogens is 409 g/mol. The molecule has 0 saturated heterocycles. The highest BCUT2D eigenvalue weighted by atomic mass is 31.2. The van der Waals surface area contributed by atoms with Gasteiger partial charge in [-0.3, -0.25) is 4.52 Å². The molecule has 1 rings (SSSR count). The second-order valence-electron chi connectivity index (χ2n) is 10.4. The minimum atomic E-state index is -4.51. The number of likely N-dealkylation sites (N-methyl/N-ethyl adjacent to an activating group) is 1. The van der Waals surface area contributed by atoms with E-state index in [1.165, 1.54) is 36.0 Å². The quantitative estimate of drug-likeness (QED) is 0.239. The topological polar surface area (TPSA) is 66.8 Å². The van der Waals surface area contributed by atoms with Crippen molar-refractivity contribution in [2.75, 3.05) is 27.7 Å². The SMILES string of the molecule is CC(C=C/C=C(/C)C=CC1=C(C)CCCC1(C)C)=CCC(C[N+](C)(C)C)OP(=O)(O)O. The summed E-state index contributed by atoms with van der Waals surface area (Å²) >= 11 is 0. The van der Waals surface area contributed by atoms with Crippen LogP contribution in [-0.2, 0) is 9.09 Å². The lowest BCUT2D eigenvalue weighted by atomic mass is 9.72. The molecule has 1 aliphatic carbocycles. The number of phosphoric ester groups is 1. The highest BCUT2D eigenvalue weighted by Gasteiger charge is 2.27. The number of rotatable bonds is 10. The van der Waals surface area contributed by atoms with E-state index in [-0.39, 0.29) is 5.41 Å². The lowest BCUT2D eigenvalue weighted by molar-refractivity contribution is -0.873. The van der Waals surface area contributed by atoms with Crippen LogP contribution in [0.3, 0.4) is 0 Å². The smallest absolute Gasteiger partial charge is 0.329 e. The summed E-state index contributed by atoms with van der Waals surface area (Å²) in [7, 11) is 1.40. The number of phosphoric acid groups is 1. The Kier molecular flexibility index (Phi) is 10.4. The number of quaternary nitrogens is 1. The second kappa shape index (κ2) is 11.6. The first kappa shape index (κ1) is 27.8. The fraction of sp³-hybridized carbons (Fsp3) is 0.600. The average molecular weight is 453 g/mol. The van der Waals surface area contributed by atoms with Gasteiger partial charge >= 0.3 is 7.82 Å². The van der Waals surface area contributed by atoms with Gasteiger partial charge in [0.25, 0.3) is 0 Å². The van der Waals surface area contributed by atoms with Crippen LogP contribution >= 0.6 is 7.82 Å². The van der Waals surface area contributed by atoms with E-state index in [2.05, 4.69) is 45.9 Å². The van der Waals surface area contributed by atoms with Crippen LogP contribution < -0.4 is 0 Å². The van der Waals surface area contributed by atoms with Gasteiger partial charge in [-0.15, -0.1) is 0 Å². The molecule has 2 N–H and O–H groups in total. The Labute approximate surface area is 189 Å². The van der Waals surface area contributed by atoms with E-state index in [4.69, 9.17) is 4.52 Å². The van der Waals surface area contributed by atoms with Crippen molar-refractivity contribution in [1.29, 1.82) is 0 Å². The van der Waals surface area contributed by atoms with Gasteiger partial charge in [0.05, 0.1) is 21.1 Å². The molecule has 0 fully saturated rings. The van der Waals surface area contributed by atoms with Crippen LogP contribution in [0.15, 0.2) is 58.7 Å². The zero-order valence-electron chi connectivity index (χ0n) is 20.7. The molecule has 1 atom stereocenters. The number of hydrogen-bond acceptors (Lipinski definition) is 2. The summed E-state index contributed by atoms with van der Waals surface area (Å²) in [6, 6.07) is 0. The molecule has 1 aliphatic rings. The van der Waals surface area contributed by atoms with Crippen LogP contribution in [0.4, 0.5) is 0 Å². The van der Waals surface area contributed by atoms with Gasteiger partial charge in [0.2, 0.25) is 0 Å². The molecular formula is C25H43NO4P+. The standard InChI is InChI=1S/C25H42NO4P/c1-20(14-16-23(19-26(6,7)8)30-31(27,28)29)11-9-12-21(2)15-17-24-22(3)13-10-18-25(24,4)5/h9,11-12,14-15,17,23H,10,13,16,18-19H2,1-8H3,(H-,27,28,29)/p+1/b11-9?,17-15?,20-14?,21-12-. The lowest BCUT2D eigenvalue weighted by Crippen LogP contribution is -2.42. The normalized spacial score (nSPS) is 20.2. The van der Waals surface area contributed by atoms with Gasteiger partial charge < -0.3 is 14.3 Å². The second-order valence-corrected chi connectivity index (χ2v) is 11.6. The first-order valence-electron chi connectivity index (χ1n) is 11.0. The Morgan fingerprint density at radius 3 is 2.39 bits per heavy atom. The largest absolute Gasteiger partial charge is 0.470 e. The molecule has 0 amide bonds. The van der Waals surface area contributed by atoms with Crippen LogP contribution in [0, 0.1) is 5.41 Å². The zero-order chi connectivity index (χ0) is 23.9. The third-order valence-electron chi connectivity index (χ3n) is 5.51. The van der Waals surface area contributed by atoms with Crippen LogP contribution in [0.25, 0.3) is 0 Å². The number of hydrogen-bond donors (Lipinski definition) is 2. The minimum absolute atomic E-state index is 0.242. The predicted molar refractivity (Wildman–Crippen MR) is 131 cm³/mol. The van der Waals surface area contributed by atoms with Gasteiger partial charge in [0.15, 0.2) is 0 Å². The molecule has 0 aromatic heterocycles. The van der Waals surface area contributed by atoms with E-state index in [0.29, 0.717) is 17.4 Å². The molecule has 0 heterocycles. The van der Waals surface area contributed by atoms with Crippen molar-refractivity contribution in [3.63, 3.8) is 0 Å². The lowest BCUT2D eigenvalue weighted by Gasteiger charge is -2.32. The number of nitrogens with zero attached hydrogens (tertiary/aromatic N) is 1. The highest BCUT2D eigenvalue weighted by Crippen LogP contribution is 2.41. The molecule has 5 nitrogen and oxygen atoms in total. The Bertz CT molecular complexity index is 804. The van der Waals surface area contributed by atoms with E-state index < -0.39 is 13.9 Å². The fourth-order valence-electron chi connectivity index (χ4n) is 3.97. The Morgan fingerprint density at radius 1 is 1.19 bits per heavy atom. The number of allylic oxidation sites excluding steroid dienone is 9. The molecule has 0 aliphatic heterocycles. The molecule has 31 heavy (non-hydrogen) atoms. The van der Waals surface area contributed by atoms with Gasteiger partial charge in [-0.05, 0) is 57.4 Å². The van der Waals surface area contributed by atoms with Crippen LogP contribution in [0.5, 0.6) is 0 Å². The van der Waals surface area contributed by atoms with Crippen molar-refractivity contribution in [1.82, 2.24) is 0 Å². The van der Waals surface area contributed by atoms with Crippen molar-refractivity contribution >= 4 is 7.82 Å². The maximum Gasteiger partial charge on any atom is 0.470 e. The first-order chi connectivity index (χ1) is 14.1. The van der Waals surface area contributed by atoms with Gasteiger partial charge in [-0.1, -0.05) is 67.0 Å². The van der Waals surface area contributed by atoms with E-state index in [1.807, 2.05) is 46.3 Å². The summed E-state index contributed by atoms with van der Waals surface area (Å²) in [5.74, 6) is 0. The summed E-state index contributed by atoms with van der Waals surface area (Å²) in [5.41, 5.74) is 5.40. The van der Waals surface area contributed by atoms with Crippen molar-refractivity contribution in [2.24, 2.45) is 5.41 Å². The molecule has 0 saturated carbocycles. The van der Waals surface area contributed by atoms with E-state index >= 15 is 0 Å². The molecule has 0 aromatic carbocycles. The van der Waals surface area contributed by atoms with Gasteiger partial charge in [0, 0.05) is 0 Å². The maximum atomic E-state index is 11.3. The van der Waals surface area contributed by atoms with Crippen molar-refractivity contribution in [3.8, 4) is 0 Å². The first-order valence-corrected chi connectivity index (χ1v) is 12.6. The summed E-state index contributed by atoms with van der Waals surface area (Å²) in [5, 5.41) is 0. The Morgan fingerprint density at radius 2 is 1.84 bits per heavy atom. The van der Waals surface area contributed by atoms with E-state index in [1.54, 1.807) is 0 Å². The Balaban J connectivity index is 2.77. The van der Waals surface area contributed by atoms with Gasteiger partial charge in [-0.25, -0.2) is 4.57 Å². The summed E-state index contributed by atoms with van der Waals surface area (Å²) < 4.78 is 16.8. The van der Waals surface area contributed by atoms with Crippen molar-refractivity contribution in [3.05, 3.63) is 58.7 Å². The van der Waals surface area contributed by atoms with Crippen molar-refractivity contribution < 1.29 is 23.4 Å². The average Bonchev–Trinajstić information content (AvgIpc) is 2.56. The minimum Gasteiger partial charge on any atom is -0.329 e. The Hall–Kier alpha value is -1.23. The summed E-state index contributed by atoms with van der Waals surface area (Å²) in [6.07, 6.45) is 16.1. The molecule has 6 heteroatoms. The highest BCUT2D eigenvalue weighted by molar-refractivity contribution is 7.46. The monoisotopic (exact) mass is 452 g/mol. The van der Waals surface area contributed by atoms with E-state index in [0.717, 1.165) is 5.57 Å². The maximum absolute atomic E-state index is 11.3. The van der Waals surface area contributed by atoms with Crippen molar-refractivity contribution in [2.45, 2.75) is 66.4 Å². The van der Waals surface area contributed by atoms with Crippen LogP contribution in [-0.4, -0.2) is 48.1 Å². The molecule has 176 valence electrons. The zero-order valence-corrected chi connectivity index (χ0v) is 21.6. The third-order valence-corrected chi connectivity index (χ3v) is 6.09. The molecule has 1 unspecified atom stereocenters. The van der Waals surface area contributed by atoms with Gasteiger partial charge in [0.1, 0.15) is 12.6 Å². The van der Waals surface area contributed by atoms with Crippen LogP contribution in [0.1, 0.15) is 60.3 Å². The summed E-state index contributed by atoms with van der Waals surface area (Å²) in [6.45, 7) is 11.5. The predicted octanol–water partition coefficient (Wildman–Crippen LogP) is 6.09. The van der Waals surface area contributed by atoms with E-state index in [9.17, 15) is 14.4 Å². The molecule has 0 spiro atoms.